The molecule has 6 rings (SSSR count). The molecule has 11 nitrogen and oxygen atoms in total. The number of ether oxygens (including phenoxy) is 3. The number of aliphatic hydroxyl groups excluding tert-OH is 1. The summed E-state index contributed by atoms with van der Waals surface area (Å²) < 4.78 is 19.1. The Bertz CT molecular complexity index is 1730. The van der Waals surface area contributed by atoms with Crippen LogP contribution in [0.5, 0.6) is 11.5 Å². The fourth-order valence-corrected chi connectivity index (χ4v) is 5.97. The zero-order chi connectivity index (χ0) is 36.8. The predicted octanol–water partition coefficient (Wildman–Crippen LogP) is 5.06. The van der Waals surface area contributed by atoms with E-state index in [1.165, 1.54) is 0 Å². The maximum absolute atomic E-state index is 14.4. The number of hydrogen-bond donors (Lipinski definition) is 1. The summed E-state index contributed by atoms with van der Waals surface area (Å²) in [5.74, 6) is 1.93. The van der Waals surface area contributed by atoms with Crippen LogP contribution in [0, 0.1) is 6.92 Å². The SMILES string of the molecule is CC.CCO.Cc1ccc(OCC(=O)N2CCN(Cc3nc4ccc(CN5CCOCC5)cc4c(=O)n3-c3ccccc3OC(C)C)CC2)cc1. The van der Waals surface area contributed by atoms with Gasteiger partial charge in [0.25, 0.3) is 11.5 Å². The lowest BCUT2D eigenvalue weighted by Gasteiger charge is -2.34. The largest absolute Gasteiger partial charge is 0.489 e. The summed E-state index contributed by atoms with van der Waals surface area (Å²) in [6.45, 7) is 18.8. The topological polar surface area (TPSA) is 110 Å². The van der Waals surface area contributed by atoms with Gasteiger partial charge in [0.1, 0.15) is 17.3 Å². The van der Waals surface area contributed by atoms with Crippen LogP contribution >= 0.6 is 0 Å². The first kappa shape index (κ1) is 39.5. The summed E-state index contributed by atoms with van der Waals surface area (Å²) in [4.78, 5) is 38.8. The lowest BCUT2D eigenvalue weighted by molar-refractivity contribution is -0.135. The lowest BCUT2D eigenvalue weighted by atomic mass is 10.1. The van der Waals surface area contributed by atoms with Gasteiger partial charge >= 0.3 is 0 Å². The van der Waals surface area contributed by atoms with Gasteiger partial charge in [-0.15, -0.1) is 0 Å². The molecule has 0 spiro atoms. The molecule has 11 heteroatoms. The first-order valence-electron chi connectivity index (χ1n) is 18.2. The minimum absolute atomic E-state index is 0.00892. The third-order valence-corrected chi connectivity index (χ3v) is 8.45. The van der Waals surface area contributed by atoms with Crippen LogP contribution in [0.25, 0.3) is 16.6 Å². The Hall–Kier alpha value is -4.29. The van der Waals surface area contributed by atoms with Gasteiger partial charge in [0.05, 0.1) is 42.5 Å². The summed E-state index contributed by atoms with van der Waals surface area (Å²) in [7, 11) is 0. The molecule has 3 heterocycles. The molecular weight excluding hydrogens is 646 g/mol. The lowest BCUT2D eigenvalue weighted by Crippen LogP contribution is -2.50. The van der Waals surface area contributed by atoms with Gasteiger partial charge in [-0.3, -0.25) is 24.0 Å². The van der Waals surface area contributed by atoms with Gasteiger partial charge in [0, 0.05) is 52.4 Å². The van der Waals surface area contributed by atoms with E-state index >= 15 is 0 Å². The van der Waals surface area contributed by atoms with E-state index in [9.17, 15) is 9.59 Å². The monoisotopic (exact) mass is 701 g/mol. The van der Waals surface area contributed by atoms with Crippen molar-refractivity contribution in [1.82, 2.24) is 24.3 Å². The van der Waals surface area contributed by atoms with Crippen molar-refractivity contribution in [3.8, 4) is 17.2 Å². The third kappa shape index (κ3) is 11.1. The van der Waals surface area contributed by atoms with Crippen LogP contribution in [-0.2, 0) is 22.6 Å². The second kappa shape index (κ2) is 19.9. The number of carbonyl (C=O) groups excluding carboxylic acids is 1. The second-order valence-corrected chi connectivity index (χ2v) is 12.6. The average Bonchev–Trinajstić information content (AvgIpc) is 3.14. The standard InChI is InChI=1S/C36H43N5O5.C2H6O.C2H6/c1-26(2)46-33-7-5-4-6-32(33)41-34(37-31-13-10-28(22-30(31)36(41)43)23-39-18-20-44-21-19-39)24-38-14-16-40(17-15-38)35(42)25-45-29-11-8-27(3)9-12-29;1-2-3;1-2/h4-13,22,26H,14-21,23-25H2,1-3H3;3H,2H2,1H3;1-2H3. The van der Waals surface area contributed by atoms with Crippen molar-refractivity contribution in [2.45, 2.75) is 60.7 Å². The molecule has 1 aromatic heterocycles. The fraction of sp³-hybridized carbons (Fsp3) is 0.475. The number of aryl methyl sites for hydroxylation is 1. The predicted molar refractivity (Wildman–Crippen MR) is 202 cm³/mol. The molecule has 0 unspecified atom stereocenters. The number of morpholine rings is 1. The second-order valence-electron chi connectivity index (χ2n) is 12.6. The Labute approximate surface area is 302 Å². The number of amides is 1. The molecule has 0 aliphatic carbocycles. The molecule has 4 aromatic rings. The molecule has 276 valence electrons. The van der Waals surface area contributed by atoms with Gasteiger partial charge in [-0.05, 0) is 69.7 Å². The molecule has 0 saturated carbocycles. The van der Waals surface area contributed by atoms with Gasteiger partial charge < -0.3 is 24.2 Å². The zero-order valence-corrected chi connectivity index (χ0v) is 31.1. The maximum atomic E-state index is 14.4. The van der Waals surface area contributed by atoms with Crippen LogP contribution in [0.2, 0.25) is 0 Å². The third-order valence-electron chi connectivity index (χ3n) is 8.45. The van der Waals surface area contributed by atoms with Gasteiger partial charge in [-0.25, -0.2) is 4.98 Å². The number of aromatic nitrogens is 2. The molecule has 3 aromatic carbocycles. The molecular formula is C40H55N5O6. The van der Waals surface area contributed by atoms with E-state index < -0.39 is 0 Å². The summed E-state index contributed by atoms with van der Waals surface area (Å²) in [6, 6.07) is 21.4. The summed E-state index contributed by atoms with van der Waals surface area (Å²) >= 11 is 0. The first-order valence-corrected chi connectivity index (χ1v) is 18.2. The number of benzene rings is 3. The van der Waals surface area contributed by atoms with E-state index in [1.54, 1.807) is 11.5 Å². The van der Waals surface area contributed by atoms with Crippen LogP contribution in [0.15, 0.2) is 71.5 Å². The van der Waals surface area contributed by atoms with Crippen LogP contribution in [0.1, 0.15) is 51.6 Å². The molecule has 0 atom stereocenters. The van der Waals surface area contributed by atoms with Gasteiger partial charge in [-0.2, -0.15) is 0 Å². The van der Waals surface area contributed by atoms with E-state index in [0.29, 0.717) is 66.6 Å². The number of rotatable bonds is 10. The van der Waals surface area contributed by atoms with Gasteiger partial charge in [-0.1, -0.05) is 49.7 Å². The molecule has 1 amide bonds. The number of piperazine rings is 1. The van der Waals surface area contributed by atoms with Crippen molar-refractivity contribution < 1.29 is 24.1 Å². The number of nitrogens with zero attached hydrogens (tertiary/aromatic N) is 5. The van der Waals surface area contributed by atoms with Crippen molar-refractivity contribution in [2.24, 2.45) is 0 Å². The number of aliphatic hydroxyl groups is 1. The highest BCUT2D eigenvalue weighted by molar-refractivity contribution is 5.79. The Morgan fingerprint density at radius 3 is 2.22 bits per heavy atom. The molecule has 2 aliphatic heterocycles. The van der Waals surface area contributed by atoms with E-state index in [0.717, 1.165) is 44.0 Å². The van der Waals surface area contributed by atoms with Crippen LogP contribution < -0.4 is 15.0 Å². The summed E-state index contributed by atoms with van der Waals surface area (Å²) in [5.41, 5.74) is 3.44. The first-order chi connectivity index (χ1) is 24.7. The highest BCUT2D eigenvalue weighted by atomic mass is 16.5. The highest BCUT2D eigenvalue weighted by Gasteiger charge is 2.25. The summed E-state index contributed by atoms with van der Waals surface area (Å²) in [6.07, 6.45) is -0.0607. The molecule has 2 fully saturated rings. The number of para-hydroxylation sites is 2. The van der Waals surface area contributed by atoms with Crippen molar-refractivity contribution in [2.75, 3.05) is 65.7 Å². The van der Waals surface area contributed by atoms with Crippen LogP contribution in [0.4, 0.5) is 0 Å². The van der Waals surface area contributed by atoms with Crippen LogP contribution in [0.3, 0.4) is 0 Å². The fourth-order valence-electron chi connectivity index (χ4n) is 5.97. The average molecular weight is 702 g/mol. The smallest absolute Gasteiger partial charge is 0.266 e. The normalized spacial score (nSPS) is 15.1. The molecule has 0 radical (unpaired) electrons. The summed E-state index contributed by atoms with van der Waals surface area (Å²) in [5, 5.41) is 8.15. The number of hydrogen-bond acceptors (Lipinski definition) is 9. The zero-order valence-electron chi connectivity index (χ0n) is 31.1. The van der Waals surface area contributed by atoms with Gasteiger partial charge in [0.15, 0.2) is 6.61 Å². The minimum atomic E-state index is -0.120. The van der Waals surface area contributed by atoms with E-state index in [4.69, 9.17) is 24.3 Å². The molecule has 51 heavy (non-hydrogen) atoms. The Kier molecular flexibility index (Phi) is 15.4. The molecule has 2 saturated heterocycles. The van der Waals surface area contributed by atoms with E-state index in [1.807, 2.05) is 100 Å². The number of fused-ring (bicyclic) bond motifs is 1. The molecule has 0 bridgehead atoms. The van der Waals surface area contributed by atoms with Crippen LogP contribution in [-0.4, -0.2) is 107 Å². The molecule has 2 aliphatic rings. The van der Waals surface area contributed by atoms with Gasteiger partial charge in [0.2, 0.25) is 0 Å². The number of carbonyl (C=O) groups is 1. The maximum Gasteiger partial charge on any atom is 0.266 e. The highest BCUT2D eigenvalue weighted by Crippen LogP contribution is 2.26. The van der Waals surface area contributed by atoms with E-state index in [2.05, 4.69) is 15.9 Å². The van der Waals surface area contributed by atoms with Crippen molar-refractivity contribution in [3.63, 3.8) is 0 Å². The quantitative estimate of drug-likeness (QED) is 0.243. The van der Waals surface area contributed by atoms with E-state index in [-0.39, 0.29) is 30.8 Å². The van der Waals surface area contributed by atoms with Crippen molar-refractivity contribution in [3.05, 3.63) is 94.0 Å². The Balaban J connectivity index is 0.00000111. The Morgan fingerprint density at radius 2 is 1.55 bits per heavy atom. The molecule has 1 N–H and O–H groups in total. The minimum Gasteiger partial charge on any atom is -0.489 e. The van der Waals surface area contributed by atoms with Crippen molar-refractivity contribution in [1.29, 1.82) is 0 Å². The van der Waals surface area contributed by atoms with Crippen molar-refractivity contribution >= 4 is 16.8 Å². The Morgan fingerprint density at radius 1 is 0.902 bits per heavy atom.